The molecule has 0 unspecified atom stereocenters. The third kappa shape index (κ3) is 5.63. The number of quaternary nitrogens is 1. The van der Waals surface area contributed by atoms with E-state index < -0.39 is 4.92 Å². The molecule has 2 aromatic rings. The number of nitro groups is 1. The fraction of sp³-hybridized carbons (Fsp3) is 0.316. The Balaban J connectivity index is 1.48. The SMILES string of the molecule is O=[N+]([O-])c1ccc(Cl)c(NC(=S)NC2CC[NH+](Cc3ccccc3)CC2)c1. The van der Waals surface area contributed by atoms with Crippen molar-refractivity contribution < 1.29 is 9.82 Å². The molecule has 0 saturated carbocycles. The van der Waals surface area contributed by atoms with E-state index in [1.165, 1.54) is 23.8 Å². The third-order valence-electron chi connectivity index (χ3n) is 4.73. The lowest BCUT2D eigenvalue weighted by atomic mass is 10.0. The molecular weight excluding hydrogens is 384 g/mol. The van der Waals surface area contributed by atoms with Gasteiger partial charge in [-0.15, -0.1) is 0 Å². The lowest BCUT2D eigenvalue weighted by molar-refractivity contribution is -0.918. The van der Waals surface area contributed by atoms with Gasteiger partial charge in [0, 0.05) is 36.6 Å². The van der Waals surface area contributed by atoms with E-state index in [9.17, 15) is 10.1 Å². The molecule has 1 saturated heterocycles. The molecule has 0 aliphatic carbocycles. The minimum atomic E-state index is -0.455. The van der Waals surface area contributed by atoms with E-state index in [4.69, 9.17) is 23.8 Å². The van der Waals surface area contributed by atoms with Gasteiger partial charge in [-0.2, -0.15) is 0 Å². The van der Waals surface area contributed by atoms with E-state index in [-0.39, 0.29) is 5.69 Å². The van der Waals surface area contributed by atoms with Gasteiger partial charge in [0.05, 0.1) is 28.7 Å². The van der Waals surface area contributed by atoms with E-state index in [1.54, 1.807) is 4.90 Å². The highest BCUT2D eigenvalue weighted by molar-refractivity contribution is 7.80. The van der Waals surface area contributed by atoms with Crippen molar-refractivity contribution in [2.24, 2.45) is 0 Å². The van der Waals surface area contributed by atoms with E-state index >= 15 is 0 Å². The minimum absolute atomic E-state index is 0.0254. The number of non-ortho nitro benzene ring substituents is 1. The smallest absolute Gasteiger partial charge is 0.271 e. The normalized spacial score (nSPS) is 19.3. The Morgan fingerprint density at radius 1 is 1.22 bits per heavy atom. The van der Waals surface area contributed by atoms with E-state index in [1.807, 2.05) is 6.07 Å². The maximum atomic E-state index is 10.9. The molecule has 1 aliphatic rings. The van der Waals surface area contributed by atoms with Crippen LogP contribution in [0.4, 0.5) is 11.4 Å². The molecule has 0 spiro atoms. The topological polar surface area (TPSA) is 71.6 Å². The maximum absolute atomic E-state index is 10.9. The van der Waals surface area contributed by atoms with Crippen LogP contribution in [0.15, 0.2) is 48.5 Å². The first kappa shape index (κ1) is 19.5. The Hall–Kier alpha value is -2.22. The van der Waals surface area contributed by atoms with Gasteiger partial charge in [0.2, 0.25) is 0 Å². The molecule has 27 heavy (non-hydrogen) atoms. The summed E-state index contributed by atoms with van der Waals surface area (Å²) in [5.41, 5.74) is 1.77. The number of nitrogens with one attached hydrogen (secondary N) is 3. The van der Waals surface area contributed by atoms with Gasteiger partial charge in [-0.05, 0) is 18.3 Å². The number of nitro benzene ring substituents is 1. The van der Waals surface area contributed by atoms with Crippen molar-refractivity contribution in [1.82, 2.24) is 5.32 Å². The highest BCUT2D eigenvalue weighted by Crippen LogP contribution is 2.26. The maximum Gasteiger partial charge on any atom is 0.271 e. The van der Waals surface area contributed by atoms with Crippen LogP contribution in [0.2, 0.25) is 5.02 Å². The van der Waals surface area contributed by atoms with Crippen LogP contribution in [0.25, 0.3) is 0 Å². The van der Waals surface area contributed by atoms with Crippen LogP contribution in [0.5, 0.6) is 0 Å². The summed E-state index contributed by atoms with van der Waals surface area (Å²) in [6, 6.07) is 15.1. The number of likely N-dealkylation sites (tertiary alicyclic amines) is 1. The van der Waals surface area contributed by atoms with Gasteiger partial charge in [0.15, 0.2) is 5.11 Å². The summed E-state index contributed by atoms with van der Waals surface area (Å²) in [6.45, 7) is 3.19. The predicted molar refractivity (Wildman–Crippen MR) is 111 cm³/mol. The van der Waals surface area contributed by atoms with Crippen molar-refractivity contribution in [3.8, 4) is 0 Å². The van der Waals surface area contributed by atoms with E-state index in [2.05, 4.69) is 34.9 Å². The number of thiocarbonyl (C=S) groups is 1. The molecule has 3 N–H and O–H groups in total. The number of anilines is 1. The van der Waals surface area contributed by atoms with Gasteiger partial charge in [-0.25, -0.2) is 0 Å². The van der Waals surface area contributed by atoms with Crippen molar-refractivity contribution in [2.75, 3.05) is 18.4 Å². The molecule has 2 aromatic carbocycles. The number of piperidine rings is 1. The van der Waals surface area contributed by atoms with Crippen LogP contribution in [-0.2, 0) is 6.54 Å². The summed E-state index contributed by atoms with van der Waals surface area (Å²) < 4.78 is 0. The number of halogens is 1. The summed E-state index contributed by atoms with van der Waals surface area (Å²) in [6.07, 6.45) is 2.04. The van der Waals surface area contributed by atoms with Crippen molar-refractivity contribution >= 4 is 40.3 Å². The van der Waals surface area contributed by atoms with Crippen molar-refractivity contribution in [1.29, 1.82) is 0 Å². The van der Waals surface area contributed by atoms with Crippen molar-refractivity contribution in [2.45, 2.75) is 25.4 Å². The van der Waals surface area contributed by atoms with Gasteiger partial charge in [-0.3, -0.25) is 10.1 Å². The van der Waals surface area contributed by atoms with Crippen LogP contribution in [0.1, 0.15) is 18.4 Å². The second-order valence-corrected chi connectivity index (χ2v) is 7.52. The average molecular weight is 406 g/mol. The Labute approximate surface area is 168 Å². The summed E-state index contributed by atoms with van der Waals surface area (Å²) in [5.74, 6) is 0. The fourth-order valence-electron chi connectivity index (χ4n) is 3.30. The highest BCUT2D eigenvalue weighted by atomic mass is 35.5. The number of hydrogen-bond acceptors (Lipinski definition) is 3. The molecule has 8 heteroatoms. The highest BCUT2D eigenvalue weighted by Gasteiger charge is 2.23. The quantitative estimate of drug-likeness (QED) is 0.405. The molecule has 3 rings (SSSR count). The average Bonchev–Trinajstić information content (AvgIpc) is 2.66. The number of hydrogen-bond donors (Lipinski definition) is 3. The molecule has 0 radical (unpaired) electrons. The minimum Gasteiger partial charge on any atom is -0.359 e. The Morgan fingerprint density at radius 2 is 1.93 bits per heavy atom. The van der Waals surface area contributed by atoms with E-state index in [0.717, 1.165) is 32.5 Å². The van der Waals surface area contributed by atoms with Crippen LogP contribution in [0.3, 0.4) is 0 Å². The zero-order chi connectivity index (χ0) is 19.2. The van der Waals surface area contributed by atoms with Gasteiger partial charge in [0.1, 0.15) is 6.54 Å². The molecule has 142 valence electrons. The van der Waals surface area contributed by atoms with Gasteiger partial charge >= 0.3 is 0 Å². The van der Waals surface area contributed by atoms with Crippen molar-refractivity contribution in [3.63, 3.8) is 0 Å². The molecule has 0 bridgehead atoms. The first-order chi connectivity index (χ1) is 13.0. The molecule has 1 aliphatic heterocycles. The standard InChI is InChI=1S/C19H21ClN4O2S/c20-17-7-6-16(24(25)26)12-18(17)22-19(27)21-15-8-10-23(11-9-15)13-14-4-2-1-3-5-14/h1-7,12,15H,8-11,13H2,(H2,21,22,27)/p+1. The predicted octanol–water partition coefficient (Wildman–Crippen LogP) is 2.78. The molecule has 0 amide bonds. The first-order valence-corrected chi connectivity index (χ1v) is 9.69. The summed E-state index contributed by atoms with van der Waals surface area (Å²) >= 11 is 11.5. The molecule has 1 fully saturated rings. The summed E-state index contributed by atoms with van der Waals surface area (Å²) in [5, 5.41) is 18.0. The van der Waals surface area contributed by atoms with Crippen LogP contribution >= 0.6 is 23.8 Å². The third-order valence-corrected chi connectivity index (χ3v) is 5.28. The van der Waals surface area contributed by atoms with E-state index in [0.29, 0.717) is 21.9 Å². The second kappa shape index (κ2) is 9.12. The van der Waals surface area contributed by atoms with Crippen LogP contribution in [0, 0.1) is 10.1 Å². The molecule has 6 nitrogen and oxygen atoms in total. The zero-order valence-electron chi connectivity index (χ0n) is 14.8. The molecule has 0 atom stereocenters. The Bertz CT molecular complexity index is 811. The Kier molecular flexibility index (Phi) is 6.60. The summed E-state index contributed by atoms with van der Waals surface area (Å²) in [7, 11) is 0. The first-order valence-electron chi connectivity index (χ1n) is 8.90. The Morgan fingerprint density at radius 3 is 2.59 bits per heavy atom. The number of nitrogens with zero attached hydrogens (tertiary/aromatic N) is 1. The summed E-state index contributed by atoms with van der Waals surface area (Å²) in [4.78, 5) is 12.0. The lowest BCUT2D eigenvalue weighted by Gasteiger charge is -2.30. The molecule has 1 heterocycles. The van der Waals surface area contributed by atoms with Crippen molar-refractivity contribution in [3.05, 3.63) is 69.2 Å². The number of rotatable bonds is 5. The number of benzene rings is 2. The van der Waals surface area contributed by atoms with Gasteiger partial charge in [0.25, 0.3) is 5.69 Å². The fourth-order valence-corrected chi connectivity index (χ4v) is 3.74. The zero-order valence-corrected chi connectivity index (χ0v) is 16.4. The molecule has 0 aromatic heterocycles. The van der Waals surface area contributed by atoms with Gasteiger partial charge in [-0.1, -0.05) is 41.9 Å². The van der Waals surface area contributed by atoms with Crippen LogP contribution < -0.4 is 15.5 Å². The molecular formula is C19H22ClN4O2S+. The lowest BCUT2D eigenvalue weighted by Crippen LogP contribution is -3.12. The van der Waals surface area contributed by atoms with Gasteiger partial charge < -0.3 is 15.5 Å². The second-order valence-electron chi connectivity index (χ2n) is 6.71. The van der Waals surface area contributed by atoms with Crippen LogP contribution in [-0.4, -0.2) is 29.2 Å². The largest absolute Gasteiger partial charge is 0.359 e. The monoisotopic (exact) mass is 405 g/mol.